The molecule has 0 unspecified atom stereocenters. The number of rotatable bonds is 6. The van der Waals surface area contributed by atoms with Crippen molar-refractivity contribution in [1.29, 1.82) is 0 Å². The number of carbonyl (C=O) groups excluding carboxylic acids is 2. The maximum absolute atomic E-state index is 12.9. The first-order chi connectivity index (χ1) is 17.0. The minimum Gasteiger partial charge on any atom is -0.346 e. The van der Waals surface area contributed by atoms with Gasteiger partial charge in [-0.05, 0) is 84.7 Å². The number of carbonyl (C=O) groups is 2. The van der Waals surface area contributed by atoms with Crippen molar-refractivity contribution in [3.05, 3.63) is 105 Å². The van der Waals surface area contributed by atoms with Gasteiger partial charge in [0.25, 0.3) is 5.91 Å². The number of hydrogen-bond acceptors (Lipinski definition) is 3. The van der Waals surface area contributed by atoms with E-state index in [2.05, 4.69) is 23.5 Å². The van der Waals surface area contributed by atoms with E-state index < -0.39 is 0 Å². The number of nitrogens with one attached hydrogen (secondary N) is 1. The summed E-state index contributed by atoms with van der Waals surface area (Å²) in [6.07, 6.45) is 4.79. The van der Waals surface area contributed by atoms with Crippen molar-refractivity contribution >= 4 is 35.2 Å². The number of benzene rings is 3. The summed E-state index contributed by atoms with van der Waals surface area (Å²) in [7, 11) is 0. The van der Waals surface area contributed by atoms with Crippen molar-refractivity contribution in [1.82, 2.24) is 10.2 Å². The van der Waals surface area contributed by atoms with Gasteiger partial charge in [-0.15, -0.1) is 11.8 Å². The predicted molar refractivity (Wildman–Crippen MR) is 143 cm³/mol. The van der Waals surface area contributed by atoms with Crippen LogP contribution >= 0.6 is 23.4 Å². The van der Waals surface area contributed by atoms with E-state index in [4.69, 9.17) is 11.6 Å². The summed E-state index contributed by atoms with van der Waals surface area (Å²) in [5, 5.41) is 3.76. The normalized spacial score (nSPS) is 18.3. The monoisotopic (exact) mass is 504 g/mol. The van der Waals surface area contributed by atoms with Gasteiger partial charge in [0.05, 0.1) is 11.8 Å². The minimum absolute atomic E-state index is 0.0627. The Bertz CT molecular complexity index is 1230. The third-order valence-electron chi connectivity index (χ3n) is 6.91. The number of nitrogens with zero attached hydrogens (tertiary/aromatic N) is 1. The fourth-order valence-electron chi connectivity index (χ4n) is 4.87. The predicted octanol–water partition coefficient (Wildman–Crippen LogP) is 6.48. The van der Waals surface area contributed by atoms with Gasteiger partial charge in [-0.3, -0.25) is 9.59 Å². The minimum atomic E-state index is -0.0880. The molecule has 0 radical (unpaired) electrons. The lowest BCUT2D eigenvalue weighted by Gasteiger charge is -2.24. The van der Waals surface area contributed by atoms with E-state index in [9.17, 15) is 9.59 Å². The molecule has 2 amide bonds. The molecular weight excluding hydrogens is 476 g/mol. The maximum atomic E-state index is 12.9. The zero-order chi connectivity index (χ0) is 24.4. The first-order valence-electron chi connectivity index (χ1n) is 12.2. The van der Waals surface area contributed by atoms with Crippen LogP contribution in [0.5, 0.6) is 0 Å². The highest BCUT2D eigenvalue weighted by Gasteiger charge is 2.32. The van der Waals surface area contributed by atoms with E-state index in [0.717, 1.165) is 29.5 Å². The Morgan fingerprint density at radius 3 is 2.49 bits per heavy atom. The van der Waals surface area contributed by atoms with E-state index in [-0.39, 0.29) is 23.2 Å². The molecule has 0 saturated carbocycles. The molecule has 1 fully saturated rings. The average molecular weight is 505 g/mol. The Hall–Kier alpha value is -2.76. The number of amides is 2. The van der Waals surface area contributed by atoms with Gasteiger partial charge in [0.15, 0.2) is 0 Å². The fourth-order valence-corrected chi connectivity index (χ4v) is 6.19. The molecule has 1 heterocycles. The highest BCUT2D eigenvalue weighted by Crippen LogP contribution is 2.39. The van der Waals surface area contributed by atoms with Crippen molar-refractivity contribution < 1.29 is 9.59 Å². The van der Waals surface area contributed by atoms with E-state index >= 15 is 0 Å². The van der Waals surface area contributed by atoms with Gasteiger partial charge in [-0.25, -0.2) is 0 Å². The Morgan fingerprint density at radius 2 is 1.74 bits per heavy atom. The zero-order valence-corrected chi connectivity index (χ0v) is 21.4. The van der Waals surface area contributed by atoms with Gasteiger partial charge < -0.3 is 10.2 Å². The summed E-state index contributed by atoms with van der Waals surface area (Å²) < 4.78 is 0. The SMILES string of the molecule is C[C@H](NC(=O)c1ccc([C@H]2SCC(=O)N2Cc2ccc(Cl)cc2)cc1)c1ccc2c(c1)CCCC2. The molecule has 1 saturated heterocycles. The summed E-state index contributed by atoms with van der Waals surface area (Å²) >= 11 is 7.62. The summed E-state index contributed by atoms with van der Waals surface area (Å²) in [6.45, 7) is 2.57. The molecule has 0 bridgehead atoms. The van der Waals surface area contributed by atoms with Crippen LogP contribution < -0.4 is 5.32 Å². The first kappa shape index (κ1) is 24.0. The molecule has 180 valence electrons. The van der Waals surface area contributed by atoms with Crippen LogP contribution in [0.1, 0.15) is 69.4 Å². The van der Waals surface area contributed by atoms with Gasteiger partial charge in [0.1, 0.15) is 5.37 Å². The largest absolute Gasteiger partial charge is 0.346 e. The van der Waals surface area contributed by atoms with Gasteiger partial charge in [0.2, 0.25) is 5.91 Å². The van der Waals surface area contributed by atoms with E-state index in [1.165, 1.54) is 24.0 Å². The summed E-state index contributed by atoms with van der Waals surface area (Å²) in [5.41, 5.74) is 6.71. The standard InChI is InChI=1S/C29H29ClN2O2S/c1-19(24-13-8-21-4-2-3-5-25(21)16-24)31-28(34)22-9-11-23(12-10-22)29-32(27(33)18-35-29)17-20-6-14-26(30)15-7-20/h6-16,19,29H,2-5,17-18H2,1H3,(H,31,34)/t19-,29+/m0/s1. The van der Waals surface area contributed by atoms with Gasteiger partial charge in [-0.1, -0.05) is 54.1 Å². The van der Waals surface area contributed by atoms with Crippen LogP contribution in [0.3, 0.4) is 0 Å². The highest BCUT2D eigenvalue weighted by atomic mass is 35.5. The molecule has 3 aromatic rings. The van der Waals surface area contributed by atoms with Crippen molar-refractivity contribution in [3.8, 4) is 0 Å². The van der Waals surface area contributed by atoms with Gasteiger partial charge in [-0.2, -0.15) is 0 Å². The number of aryl methyl sites for hydroxylation is 2. The number of hydrogen-bond donors (Lipinski definition) is 1. The maximum Gasteiger partial charge on any atom is 0.251 e. The van der Waals surface area contributed by atoms with Crippen molar-refractivity contribution in [2.75, 3.05) is 5.75 Å². The molecular formula is C29H29ClN2O2S. The molecule has 1 N–H and O–H groups in total. The quantitative estimate of drug-likeness (QED) is 0.417. The van der Waals surface area contributed by atoms with Crippen molar-refractivity contribution in [2.45, 2.75) is 50.6 Å². The fraction of sp³-hybridized carbons (Fsp3) is 0.310. The number of fused-ring (bicyclic) bond motifs is 1. The average Bonchev–Trinajstić information content (AvgIpc) is 3.24. The Balaban J connectivity index is 1.25. The van der Waals surface area contributed by atoms with Crippen LogP contribution in [-0.2, 0) is 24.2 Å². The van der Waals surface area contributed by atoms with E-state index in [1.54, 1.807) is 11.8 Å². The van der Waals surface area contributed by atoms with Crippen molar-refractivity contribution in [2.24, 2.45) is 0 Å². The van der Waals surface area contributed by atoms with Gasteiger partial charge in [0, 0.05) is 17.1 Å². The smallest absolute Gasteiger partial charge is 0.251 e. The van der Waals surface area contributed by atoms with E-state index in [1.807, 2.05) is 60.4 Å². The lowest BCUT2D eigenvalue weighted by molar-refractivity contribution is -0.128. The summed E-state index contributed by atoms with van der Waals surface area (Å²) in [4.78, 5) is 27.4. The second kappa shape index (κ2) is 10.5. The molecule has 2 aliphatic rings. The van der Waals surface area contributed by atoms with Crippen LogP contribution in [-0.4, -0.2) is 22.5 Å². The molecule has 1 aliphatic heterocycles. The molecule has 1 aliphatic carbocycles. The van der Waals surface area contributed by atoms with Gasteiger partial charge >= 0.3 is 0 Å². The number of halogens is 1. The Labute approximate surface area is 216 Å². The van der Waals surface area contributed by atoms with Crippen LogP contribution in [0.15, 0.2) is 66.7 Å². The van der Waals surface area contributed by atoms with E-state index in [0.29, 0.717) is 22.9 Å². The first-order valence-corrected chi connectivity index (χ1v) is 13.6. The molecule has 6 heteroatoms. The molecule has 2 atom stereocenters. The summed E-state index contributed by atoms with van der Waals surface area (Å²) in [6, 6.07) is 21.8. The van der Waals surface area contributed by atoms with Crippen molar-refractivity contribution in [3.63, 3.8) is 0 Å². The van der Waals surface area contributed by atoms with Crippen LogP contribution in [0.2, 0.25) is 5.02 Å². The molecule has 3 aromatic carbocycles. The molecule has 0 aromatic heterocycles. The topological polar surface area (TPSA) is 49.4 Å². The molecule has 5 rings (SSSR count). The third-order valence-corrected chi connectivity index (χ3v) is 8.42. The third kappa shape index (κ3) is 5.41. The van der Waals surface area contributed by atoms with Crippen LogP contribution in [0.4, 0.5) is 0 Å². The molecule has 4 nitrogen and oxygen atoms in total. The number of thioether (sulfide) groups is 1. The zero-order valence-electron chi connectivity index (χ0n) is 19.8. The lowest BCUT2D eigenvalue weighted by atomic mass is 9.89. The van der Waals surface area contributed by atoms with Crippen LogP contribution in [0, 0.1) is 0 Å². The Morgan fingerprint density at radius 1 is 1.03 bits per heavy atom. The van der Waals surface area contributed by atoms with Crippen LogP contribution in [0.25, 0.3) is 0 Å². The highest BCUT2D eigenvalue weighted by molar-refractivity contribution is 8.00. The molecule has 0 spiro atoms. The molecule has 35 heavy (non-hydrogen) atoms. The Kier molecular flexibility index (Phi) is 7.17. The summed E-state index contributed by atoms with van der Waals surface area (Å²) in [5.74, 6) is 0.490. The second-order valence-corrected chi connectivity index (χ2v) is 10.9. The lowest BCUT2D eigenvalue weighted by Crippen LogP contribution is -2.28. The second-order valence-electron chi connectivity index (χ2n) is 9.36.